The molecule has 2 saturated carbocycles. The Morgan fingerprint density at radius 1 is 1.18 bits per heavy atom. The summed E-state index contributed by atoms with van der Waals surface area (Å²) in [7, 11) is 1.99. The van der Waals surface area contributed by atoms with E-state index in [0.717, 1.165) is 29.3 Å². The lowest BCUT2D eigenvalue weighted by Gasteiger charge is -2.19. The lowest BCUT2D eigenvalue weighted by atomic mass is 9.88. The Morgan fingerprint density at radius 2 is 1.94 bits per heavy atom. The van der Waals surface area contributed by atoms with Crippen LogP contribution in [0.1, 0.15) is 43.9 Å². The molecule has 3 aliphatic rings. The second-order valence-corrected chi connectivity index (χ2v) is 10.5. The van der Waals surface area contributed by atoms with Crippen LogP contribution in [0.4, 0.5) is 10.1 Å². The number of nitrogens with zero attached hydrogens (tertiary/aromatic N) is 1. The SMILES string of the molecule is BC(CO)Cn1c(C2(C)CC2)cc2cc(NC(=O)C3(c4ccc5c(c4)OCO5)CC3)c(F)cc21. The van der Waals surface area contributed by atoms with Gasteiger partial charge in [-0.05, 0) is 61.3 Å². The first-order valence-corrected chi connectivity index (χ1v) is 12.0. The van der Waals surface area contributed by atoms with Crippen molar-refractivity contribution in [3.05, 3.63) is 53.5 Å². The number of rotatable bonds is 7. The van der Waals surface area contributed by atoms with Gasteiger partial charge in [-0.1, -0.05) is 13.0 Å². The lowest BCUT2D eigenvalue weighted by molar-refractivity contribution is -0.118. The number of aliphatic hydroxyl groups is 1. The number of carbonyl (C=O) groups is 1. The maximum atomic E-state index is 15.3. The summed E-state index contributed by atoms with van der Waals surface area (Å²) >= 11 is 0. The first-order valence-electron chi connectivity index (χ1n) is 12.0. The third-order valence-corrected chi connectivity index (χ3v) is 7.77. The van der Waals surface area contributed by atoms with Gasteiger partial charge in [0.1, 0.15) is 13.7 Å². The van der Waals surface area contributed by atoms with Crippen molar-refractivity contribution < 1.29 is 23.8 Å². The molecule has 1 amide bonds. The van der Waals surface area contributed by atoms with Crippen molar-refractivity contribution in [2.45, 2.75) is 55.8 Å². The number of nitrogens with one attached hydrogen (secondary N) is 1. The maximum absolute atomic E-state index is 15.3. The van der Waals surface area contributed by atoms with Crippen LogP contribution in [0.25, 0.3) is 10.9 Å². The summed E-state index contributed by atoms with van der Waals surface area (Å²) in [6.07, 6.45) is 3.61. The molecule has 1 atom stereocenters. The Morgan fingerprint density at radius 3 is 2.65 bits per heavy atom. The highest BCUT2D eigenvalue weighted by molar-refractivity contribution is 6.11. The van der Waals surface area contributed by atoms with Gasteiger partial charge in [0.25, 0.3) is 0 Å². The topological polar surface area (TPSA) is 72.7 Å². The Hall–Kier alpha value is -3.00. The van der Waals surface area contributed by atoms with E-state index in [2.05, 4.69) is 22.9 Å². The minimum atomic E-state index is -0.669. The second kappa shape index (κ2) is 7.50. The monoisotopic (exact) mass is 462 g/mol. The molecule has 176 valence electrons. The second-order valence-electron chi connectivity index (χ2n) is 10.5. The summed E-state index contributed by atoms with van der Waals surface area (Å²) in [6, 6.07) is 11.0. The number of benzene rings is 2. The zero-order valence-corrected chi connectivity index (χ0v) is 19.5. The van der Waals surface area contributed by atoms with Crippen LogP contribution in [-0.4, -0.2) is 36.8 Å². The molecule has 1 aromatic heterocycles. The quantitative estimate of drug-likeness (QED) is 0.526. The molecule has 2 fully saturated rings. The van der Waals surface area contributed by atoms with Gasteiger partial charge in [0.05, 0.1) is 16.6 Å². The molecule has 6 nitrogen and oxygen atoms in total. The van der Waals surface area contributed by atoms with Crippen LogP contribution in [0, 0.1) is 5.82 Å². The smallest absolute Gasteiger partial charge is 0.235 e. The van der Waals surface area contributed by atoms with Crippen molar-refractivity contribution in [1.29, 1.82) is 0 Å². The number of hydrogen-bond acceptors (Lipinski definition) is 4. The minimum Gasteiger partial charge on any atom is -0.454 e. The zero-order valence-electron chi connectivity index (χ0n) is 19.5. The average molecular weight is 462 g/mol. The molecule has 2 N–H and O–H groups in total. The molecule has 34 heavy (non-hydrogen) atoms. The molecule has 2 aromatic carbocycles. The number of carbonyl (C=O) groups excluding carboxylic acids is 1. The molecule has 1 unspecified atom stereocenters. The highest BCUT2D eigenvalue weighted by Crippen LogP contribution is 2.52. The molecule has 0 saturated heterocycles. The Balaban J connectivity index is 1.32. The molecular formula is C26H28BFN2O4. The van der Waals surface area contributed by atoms with Crippen molar-refractivity contribution in [2.24, 2.45) is 0 Å². The van der Waals surface area contributed by atoms with Crippen LogP contribution < -0.4 is 14.8 Å². The van der Waals surface area contributed by atoms with E-state index in [1.807, 2.05) is 26.0 Å². The molecule has 0 spiro atoms. The van der Waals surface area contributed by atoms with Crippen LogP contribution in [0.5, 0.6) is 11.5 Å². The minimum absolute atomic E-state index is 0.0653. The van der Waals surface area contributed by atoms with E-state index in [-0.39, 0.29) is 36.2 Å². The van der Waals surface area contributed by atoms with Crippen LogP contribution in [0.2, 0.25) is 5.82 Å². The summed E-state index contributed by atoms with van der Waals surface area (Å²) in [5.74, 6) is 0.731. The predicted molar refractivity (Wildman–Crippen MR) is 130 cm³/mol. The molecule has 2 aliphatic carbocycles. The van der Waals surface area contributed by atoms with E-state index in [1.165, 1.54) is 11.8 Å². The van der Waals surface area contributed by atoms with E-state index >= 15 is 4.39 Å². The molecule has 2 heterocycles. The van der Waals surface area contributed by atoms with Gasteiger partial charge in [-0.25, -0.2) is 4.39 Å². The molecular weight excluding hydrogens is 434 g/mol. The Labute approximate surface area is 198 Å². The number of fused-ring (bicyclic) bond motifs is 2. The highest BCUT2D eigenvalue weighted by atomic mass is 19.1. The summed E-state index contributed by atoms with van der Waals surface area (Å²) in [6.45, 7) is 3.11. The average Bonchev–Trinajstić information content (AvgIpc) is 3.71. The first kappa shape index (κ1) is 21.5. The summed E-state index contributed by atoms with van der Waals surface area (Å²) in [4.78, 5) is 13.3. The predicted octanol–water partition coefficient (Wildman–Crippen LogP) is 3.64. The number of ether oxygens (including phenoxy) is 2. The number of aliphatic hydroxyl groups excluding tert-OH is 1. The van der Waals surface area contributed by atoms with Crippen molar-refractivity contribution >= 4 is 30.3 Å². The normalized spacial score (nSPS) is 19.7. The third kappa shape index (κ3) is 3.38. The Bertz CT molecular complexity index is 1310. The van der Waals surface area contributed by atoms with Crippen LogP contribution in [-0.2, 0) is 22.2 Å². The van der Waals surface area contributed by atoms with Gasteiger partial charge >= 0.3 is 0 Å². The number of anilines is 1. The van der Waals surface area contributed by atoms with E-state index in [4.69, 9.17) is 9.47 Å². The lowest BCUT2D eigenvalue weighted by Crippen LogP contribution is -2.28. The molecule has 6 rings (SSSR count). The number of halogens is 1. The van der Waals surface area contributed by atoms with Crippen LogP contribution in [0.3, 0.4) is 0 Å². The number of hydrogen-bond donors (Lipinski definition) is 2. The fraction of sp³-hybridized carbons (Fsp3) is 0.423. The van der Waals surface area contributed by atoms with Crippen molar-refractivity contribution in [3.63, 3.8) is 0 Å². The van der Waals surface area contributed by atoms with Crippen molar-refractivity contribution in [3.8, 4) is 11.5 Å². The summed E-state index contributed by atoms with van der Waals surface area (Å²) < 4.78 is 28.3. The van der Waals surface area contributed by atoms with Gasteiger partial charge in [-0.3, -0.25) is 4.79 Å². The van der Waals surface area contributed by atoms with Crippen LogP contribution >= 0.6 is 0 Å². The highest BCUT2D eigenvalue weighted by Gasteiger charge is 2.52. The number of aromatic nitrogens is 1. The van der Waals surface area contributed by atoms with Gasteiger partial charge in [-0.2, -0.15) is 0 Å². The molecule has 0 radical (unpaired) electrons. The van der Waals surface area contributed by atoms with Gasteiger partial charge in [0, 0.05) is 35.7 Å². The van der Waals surface area contributed by atoms with Crippen LogP contribution in [0.15, 0.2) is 36.4 Å². The molecule has 8 heteroatoms. The fourth-order valence-corrected chi connectivity index (χ4v) is 5.10. The van der Waals surface area contributed by atoms with Crippen molar-refractivity contribution in [2.75, 3.05) is 18.7 Å². The van der Waals surface area contributed by atoms with E-state index in [9.17, 15) is 9.90 Å². The Kier molecular flexibility index (Phi) is 4.75. The largest absolute Gasteiger partial charge is 0.454 e. The molecule has 0 bridgehead atoms. The van der Waals surface area contributed by atoms with Gasteiger partial charge in [0.2, 0.25) is 12.7 Å². The summed E-state index contributed by atoms with van der Waals surface area (Å²) in [5, 5.41) is 13.4. The summed E-state index contributed by atoms with van der Waals surface area (Å²) in [5.41, 5.74) is 2.46. The van der Waals surface area contributed by atoms with Gasteiger partial charge < -0.3 is 24.5 Å². The zero-order chi connectivity index (χ0) is 23.7. The standard InChI is InChI=1S/C26H28BFN2O4/c1-25(4-5-25)23-9-15-8-19(18(28)11-20(15)30(23)12-17(27)13-31)29-24(32)26(6-7-26)16-2-3-21-22(10-16)34-14-33-21/h2-3,8-11,17,31H,4-7,12-14,27H2,1H3,(H,29,32). The number of amides is 1. The maximum Gasteiger partial charge on any atom is 0.235 e. The van der Waals surface area contributed by atoms with E-state index in [1.54, 1.807) is 6.07 Å². The van der Waals surface area contributed by atoms with E-state index in [0.29, 0.717) is 30.9 Å². The first-order chi connectivity index (χ1) is 16.3. The van der Waals surface area contributed by atoms with Gasteiger partial charge in [0.15, 0.2) is 11.5 Å². The molecule has 3 aromatic rings. The third-order valence-electron chi connectivity index (χ3n) is 7.77. The molecule has 1 aliphatic heterocycles. The van der Waals surface area contributed by atoms with Gasteiger partial charge in [-0.15, -0.1) is 0 Å². The van der Waals surface area contributed by atoms with Crippen molar-refractivity contribution in [1.82, 2.24) is 4.57 Å². The fourth-order valence-electron chi connectivity index (χ4n) is 5.10. The van der Waals surface area contributed by atoms with E-state index < -0.39 is 11.2 Å².